The third kappa shape index (κ3) is 2.16. The Kier molecular flexibility index (Phi) is 2.69. The number of carbonyl (C=O) groups excluding carboxylic acids is 1. The number of benzene rings is 1. The lowest BCUT2D eigenvalue weighted by Crippen LogP contribution is -2.24. The summed E-state index contributed by atoms with van der Waals surface area (Å²) >= 11 is 0. The average molecular weight is 202 g/mol. The molecule has 2 rings (SSSR count). The summed E-state index contributed by atoms with van der Waals surface area (Å²) in [7, 11) is 0. The number of rotatable bonds is 3. The number of carbonyl (C=O) groups is 1. The number of allylic oxidation sites excluding steroid dienone is 1. The molecule has 0 saturated carbocycles. The van der Waals surface area contributed by atoms with E-state index in [1.54, 1.807) is 6.08 Å². The van der Waals surface area contributed by atoms with Crippen molar-refractivity contribution in [2.45, 2.75) is 12.8 Å². The minimum absolute atomic E-state index is 0.0319. The Morgan fingerprint density at radius 1 is 1.27 bits per heavy atom. The Bertz CT molecular complexity index is 381. The topological polar surface area (TPSA) is 37.3 Å². The average Bonchev–Trinajstić information content (AvgIpc) is 2.62. The van der Waals surface area contributed by atoms with Gasteiger partial charge in [-0.2, -0.15) is 0 Å². The molecule has 1 aliphatic carbocycles. The molecule has 0 fully saturated rings. The molecule has 1 aromatic carbocycles. The fourth-order valence-corrected chi connectivity index (χ4v) is 2.02. The highest BCUT2D eigenvalue weighted by Gasteiger charge is 2.33. The van der Waals surface area contributed by atoms with Crippen molar-refractivity contribution in [3.63, 3.8) is 0 Å². The highest BCUT2D eigenvalue weighted by Crippen LogP contribution is 2.33. The summed E-state index contributed by atoms with van der Waals surface area (Å²) < 4.78 is 0. The van der Waals surface area contributed by atoms with Gasteiger partial charge in [-0.3, -0.25) is 4.79 Å². The van der Waals surface area contributed by atoms with E-state index in [0.717, 1.165) is 12.0 Å². The number of hydrogen-bond acceptors (Lipinski definition) is 2. The van der Waals surface area contributed by atoms with Crippen molar-refractivity contribution in [1.82, 2.24) is 0 Å². The van der Waals surface area contributed by atoms with Crippen LogP contribution in [0.5, 0.6) is 0 Å². The van der Waals surface area contributed by atoms with E-state index in [4.69, 9.17) is 0 Å². The molecule has 0 saturated heterocycles. The van der Waals surface area contributed by atoms with Crippen molar-refractivity contribution in [3.05, 3.63) is 48.0 Å². The highest BCUT2D eigenvalue weighted by atomic mass is 16.3. The Hall–Kier alpha value is -1.41. The number of aliphatic hydroxyl groups is 1. The minimum atomic E-state index is -0.363. The molecule has 0 bridgehead atoms. The zero-order valence-corrected chi connectivity index (χ0v) is 8.52. The SMILES string of the molecule is O=C1C=C[C@](CO)(Cc2ccccc2)C1. The molecule has 2 heteroatoms. The van der Waals surface area contributed by atoms with Gasteiger partial charge in [0.05, 0.1) is 6.61 Å². The molecule has 0 spiro atoms. The van der Waals surface area contributed by atoms with Crippen LogP contribution in [0, 0.1) is 5.41 Å². The third-order valence-electron chi connectivity index (χ3n) is 2.86. The predicted octanol–water partition coefficient (Wildman–Crippen LogP) is 1.74. The fourth-order valence-electron chi connectivity index (χ4n) is 2.02. The van der Waals surface area contributed by atoms with Crippen molar-refractivity contribution in [2.75, 3.05) is 6.61 Å². The Labute approximate surface area is 89.2 Å². The molecule has 1 aromatic rings. The molecule has 0 amide bonds. The van der Waals surface area contributed by atoms with Crippen molar-refractivity contribution >= 4 is 5.78 Å². The largest absolute Gasteiger partial charge is 0.395 e. The van der Waals surface area contributed by atoms with E-state index in [0.29, 0.717) is 6.42 Å². The predicted molar refractivity (Wildman–Crippen MR) is 58.4 cm³/mol. The normalized spacial score (nSPS) is 24.7. The molecule has 0 radical (unpaired) electrons. The van der Waals surface area contributed by atoms with Gasteiger partial charge in [0.1, 0.15) is 0 Å². The fraction of sp³-hybridized carbons (Fsp3) is 0.308. The Morgan fingerprint density at radius 2 is 2.00 bits per heavy atom. The lowest BCUT2D eigenvalue weighted by Gasteiger charge is -2.23. The lowest BCUT2D eigenvalue weighted by atomic mass is 9.82. The summed E-state index contributed by atoms with van der Waals surface area (Å²) in [5.41, 5.74) is 0.796. The second-order valence-electron chi connectivity index (χ2n) is 4.16. The smallest absolute Gasteiger partial charge is 0.156 e. The van der Waals surface area contributed by atoms with Gasteiger partial charge >= 0.3 is 0 Å². The van der Waals surface area contributed by atoms with Crippen LogP contribution in [0.15, 0.2) is 42.5 Å². The highest BCUT2D eigenvalue weighted by molar-refractivity contribution is 5.93. The molecular formula is C13H14O2. The molecular weight excluding hydrogens is 188 g/mol. The van der Waals surface area contributed by atoms with E-state index < -0.39 is 0 Å². The van der Waals surface area contributed by atoms with E-state index in [1.165, 1.54) is 0 Å². The monoisotopic (exact) mass is 202 g/mol. The summed E-state index contributed by atoms with van der Waals surface area (Å²) in [6.45, 7) is 0.0319. The van der Waals surface area contributed by atoms with Gasteiger partial charge in [0.15, 0.2) is 5.78 Å². The standard InChI is InChI=1S/C13H14O2/c14-10-13(7-6-12(15)9-13)8-11-4-2-1-3-5-11/h1-7,14H,8-10H2/t13-/m0/s1. The summed E-state index contributed by atoms with van der Waals surface area (Å²) in [5, 5.41) is 9.39. The maximum absolute atomic E-state index is 11.2. The summed E-state index contributed by atoms with van der Waals surface area (Å²) in [6, 6.07) is 9.95. The van der Waals surface area contributed by atoms with E-state index in [1.807, 2.05) is 36.4 Å². The van der Waals surface area contributed by atoms with Crippen LogP contribution in [-0.4, -0.2) is 17.5 Å². The Balaban J connectivity index is 2.17. The van der Waals surface area contributed by atoms with Gasteiger partial charge in [-0.15, -0.1) is 0 Å². The van der Waals surface area contributed by atoms with E-state index in [9.17, 15) is 9.90 Å². The van der Waals surface area contributed by atoms with Crippen LogP contribution >= 0.6 is 0 Å². The van der Waals surface area contributed by atoms with Crippen LogP contribution in [0.3, 0.4) is 0 Å². The molecule has 15 heavy (non-hydrogen) atoms. The van der Waals surface area contributed by atoms with Crippen LogP contribution in [0.2, 0.25) is 0 Å². The van der Waals surface area contributed by atoms with Gasteiger partial charge < -0.3 is 5.11 Å². The first-order valence-electron chi connectivity index (χ1n) is 5.11. The second kappa shape index (κ2) is 3.99. The maximum Gasteiger partial charge on any atom is 0.156 e. The van der Waals surface area contributed by atoms with Crippen LogP contribution in [0.25, 0.3) is 0 Å². The van der Waals surface area contributed by atoms with E-state index in [-0.39, 0.29) is 17.8 Å². The molecule has 0 aromatic heterocycles. The lowest BCUT2D eigenvalue weighted by molar-refractivity contribution is -0.115. The molecule has 78 valence electrons. The molecule has 1 N–H and O–H groups in total. The molecule has 0 unspecified atom stereocenters. The first-order chi connectivity index (χ1) is 7.24. The zero-order valence-electron chi connectivity index (χ0n) is 8.52. The van der Waals surface area contributed by atoms with Gasteiger partial charge in [0.25, 0.3) is 0 Å². The zero-order chi connectivity index (χ0) is 10.7. The van der Waals surface area contributed by atoms with Gasteiger partial charge in [-0.25, -0.2) is 0 Å². The molecule has 0 heterocycles. The van der Waals surface area contributed by atoms with Crippen molar-refractivity contribution in [2.24, 2.45) is 5.41 Å². The van der Waals surface area contributed by atoms with Gasteiger partial charge in [-0.1, -0.05) is 36.4 Å². The van der Waals surface area contributed by atoms with Crippen molar-refractivity contribution in [1.29, 1.82) is 0 Å². The molecule has 0 aliphatic heterocycles. The summed E-state index contributed by atoms with van der Waals surface area (Å²) in [4.78, 5) is 11.2. The van der Waals surface area contributed by atoms with Gasteiger partial charge in [-0.05, 0) is 18.1 Å². The van der Waals surface area contributed by atoms with Crippen molar-refractivity contribution < 1.29 is 9.90 Å². The quantitative estimate of drug-likeness (QED) is 0.810. The Morgan fingerprint density at radius 3 is 2.53 bits per heavy atom. The number of aliphatic hydroxyl groups excluding tert-OH is 1. The summed E-state index contributed by atoms with van der Waals surface area (Å²) in [6.07, 6.45) is 4.59. The van der Waals surface area contributed by atoms with Crippen LogP contribution in [0.1, 0.15) is 12.0 Å². The third-order valence-corrected chi connectivity index (χ3v) is 2.86. The number of ketones is 1. The van der Waals surface area contributed by atoms with Crippen molar-refractivity contribution in [3.8, 4) is 0 Å². The van der Waals surface area contributed by atoms with E-state index >= 15 is 0 Å². The summed E-state index contributed by atoms with van der Waals surface area (Å²) in [5.74, 6) is 0.111. The first-order valence-corrected chi connectivity index (χ1v) is 5.11. The maximum atomic E-state index is 11.2. The van der Waals surface area contributed by atoms with Crippen LogP contribution in [0.4, 0.5) is 0 Å². The van der Waals surface area contributed by atoms with Gasteiger partial charge in [0, 0.05) is 11.8 Å². The first kappa shape index (κ1) is 10.1. The molecule has 1 aliphatic rings. The molecule has 2 nitrogen and oxygen atoms in total. The molecule has 1 atom stereocenters. The van der Waals surface area contributed by atoms with Gasteiger partial charge in [0.2, 0.25) is 0 Å². The second-order valence-corrected chi connectivity index (χ2v) is 4.16. The van der Waals surface area contributed by atoms with E-state index in [2.05, 4.69) is 0 Å². The number of hydrogen-bond donors (Lipinski definition) is 1. The van der Waals surface area contributed by atoms with Crippen LogP contribution < -0.4 is 0 Å². The minimum Gasteiger partial charge on any atom is -0.395 e. The van der Waals surface area contributed by atoms with Crippen LogP contribution in [-0.2, 0) is 11.2 Å².